The second-order valence-corrected chi connectivity index (χ2v) is 4.33. The molecule has 0 radical (unpaired) electrons. The van der Waals surface area contributed by atoms with E-state index in [-0.39, 0.29) is 12.3 Å². The van der Waals surface area contributed by atoms with Gasteiger partial charge in [-0.05, 0) is 12.3 Å². The Kier molecular flexibility index (Phi) is 2.59. The Bertz CT molecular complexity index is 381. The molecule has 1 aromatic heterocycles. The average Bonchev–Trinajstić information content (AvgIpc) is 2.58. The van der Waals surface area contributed by atoms with Crippen LogP contribution >= 0.6 is 0 Å². The van der Waals surface area contributed by atoms with Crippen LogP contribution in [0.15, 0.2) is 6.07 Å². The van der Waals surface area contributed by atoms with E-state index in [2.05, 4.69) is 10.4 Å². The molecule has 1 atom stereocenters. The zero-order chi connectivity index (χ0) is 11.9. The van der Waals surface area contributed by atoms with E-state index in [0.29, 0.717) is 18.1 Å². The topological polar surface area (TPSA) is 29.9 Å². The van der Waals surface area contributed by atoms with Gasteiger partial charge in [-0.1, -0.05) is 13.8 Å². The van der Waals surface area contributed by atoms with Crippen molar-refractivity contribution < 1.29 is 13.2 Å². The molecule has 0 amide bonds. The molecule has 0 bridgehead atoms. The summed E-state index contributed by atoms with van der Waals surface area (Å²) in [5, 5.41) is 6.97. The average molecular weight is 233 g/mol. The lowest BCUT2D eigenvalue weighted by Crippen LogP contribution is -2.33. The first-order chi connectivity index (χ1) is 7.39. The Hall–Kier alpha value is -1.20. The number of hydrogen-bond donors (Lipinski definition) is 1. The van der Waals surface area contributed by atoms with Crippen LogP contribution in [0.1, 0.15) is 37.9 Å². The molecular formula is C10H14F3N3. The summed E-state index contributed by atoms with van der Waals surface area (Å²) in [6.07, 6.45) is -4.19. The van der Waals surface area contributed by atoms with Crippen molar-refractivity contribution >= 4 is 5.82 Å². The minimum Gasteiger partial charge on any atom is -0.370 e. The van der Waals surface area contributed by atoms with E-state index in [1.165, 1.54) is 0 Å². The fourth-order valence-corrected chi connectivity index (χ4v) is 1.83. The lowest BCUT2D eigenvalue weighted by Gasteiger charge is -2.27. The van der Waals surface area contributed by atoms with Crippen molar-refractivity contribution in [1.82, 2.24) is 9.78 Å². The monoisotopic (exact) mass is 233 g/mol. The van der Waals surface area contributed by atoms with Crippen molar-refractivity contribution in [2.24, 2.45) is 0 Å². The Morgan fingerprint density at radius 3 is 2.75 bits per heavy atom. The van der Waals surface area contributed by atoms with E-state index in [0.717, 1.165) is 4.68 Å². The molecule has 90 valence electrons. The maximum Gasteiger partial charge on any atom is 0.410 e. The standard InChI is InChI=1S/C10H14F3N3/c1-6(2)7-5-9-14-4-3-8(10(11,12)13)16(9)15-7/h5-6,8,14H,3-4H2,1-2H3. The summed E-state index contributed by atoms with van der Waals surface area (Å²) < 4.78 is 39.3. The van der Waals surface area contributed by atoms with Crippen molar-refractivity contribution in [3.05, 3.63) is 11.8 Å². The number of rotatable bonds is 1. The number of alkyl halides is 3. The van der Waals surface area contributed by atoms with Crippen molar-refractivity contribution in [1.29, 1.82) is 0 Å². The summed E-state index contributed by atoms with van der Waals surface area (Å²) >= 11 is 0. The Morgan fingerprint density at radius 1 is 1.50 bits per heavy atom. The molecule has 1 aliphatic heterocycles. The Balaban J connectivity index is 2.38. The van der Waals surface area contributed by atoms with Crippen LogP contribution in [0.25, 0.3) is 0 Å². The zero-order valence-corrected chi connectivity index (χ0v) is 9.17. The highest BCUT2D eigenvalue weighted by molar-refractivity contribution is 5.40. The Labute approximate surface area is 91.6 Å². The largest absolute Gasteiger partial charge is 0.410 e. The van der Waals surface area contributed by atoms with Crippen molar-refractivity contribution in [2.75, 3.05) is 11.9 Å². The highest BCUT2D eigenvalue weighted by atomic mass is 19.4. The molecule has 0 aromatic carbocycles. The van der Waals surface area contributed by atoms with Gasteiger partial charge in [-0.2, -0.15) is 18.3 Å². The van der Waals surface area contributed by atoms with Gasteiger partial charge in [0.05, 0.1) is 5.69 Å². The molecule has 0 spiro atoms. The zero-order valence-electron chi connectivity index (χ0n) is 9.17. The number of hydrogen-bond acceptors (Lipinski definition) is 2. The predicted molar refractivity (Wildman–Crippen MR) is 54.5 cm³/mol. The molecule has 0 fully saturated rings. The van der Waals surface area contributed by atoms with Gasteiger partial charge in [-0.25, -0.2) is 4.68 Å². The van der Waals surface area contributed by atoms with Crippen LogP contribution in [0, 0.1) is 0 Å². The first kappa shape index (κ1) is 11.3. The normalized spacial score (nSPS) is 20.8. The lowest BCUT2D eigenvalue weighted by atomic mass is 10.1. The molecule has 6 heteroatoms. The van der Waals surface area contributed by atoms with Gasteiger partial charge in [0.25, 0.3) is 0 Å². The molecule has 1 aliphatic rings. The maximum absolute atomic E-state index is 12.7. The first-order valence-electron chi connectivity index (χ1n) is 5.29. The van der Waals surface area contributed by atoms with Crippen LogP contribution in [-0.4, -0.2) is 22.5 Å². The van der Waals surface area contributed by atoms with Gasteiger partial charge in [0.2, 0.25) is 0 Å². The number of aromatic nitrogens is 2. The first-order valence-corrected chi connectivity index (χ1v) is 5.29. The van der Waals surface area contributed by atoms with Gasteiger partial charge >= 0.3 is 6.18 Å². The highest BCUT2D eigenvalue weighted by Crippen LogP contribution is 2.37. The van der Waals surface area contributed by atoms with Crippen LogP contribution < -0.4 is 5.32 Å². The van der Waals surface area contributed by atoms with Gasteiger partial charge < -0.3 is 5.32 Å². The van der Waals surface area contributed by atoms with Crippen LogP contribution in [0.4, 0.5) is 19.0 Å². The number of nitrogens with one attached hydrogen (secondary N) is 1. The number of nitrogens with zero attached hydrogens (tertiary/aromatic N) is 2. The smallest absolute Gasteiger partial charge is 0.370 e. The predicted octanol–water partition coefficient (Wildman–Crippen LogP) is 2.93. The second kappa shape index (κ2) is 3.68. The molecule has 2 rings (SSSR count). The molecule has 1 aromatic rings. The molecule has 16 heavy (non-hydrogen) atoms. The van der Waals surface area contributed by atoms with Crippen molar-refractivity contribution in [2.45, 2.75) is 38.4 Å². The quantitative estimate of drug-likeness (QED) is 0.808. The van der Waals surface area contributed by atoms with E-state index >= 15 is 0 Å². The minimum absolute atomic E-state index is 0.0374. The van der Waals surface area contributed by atoms with E-state index in [9.17, 15) is 13.2 Å². The SMILES string of the molecule is CC(C)c1cc2n(n1)C(C(F)(F)F)CCN2. The van der Waals surface area contributed by atoms with Crippen LogP contribution in [0.3, 0.4) is 0 Å². The number of fused-ring (bicyclic) bond motifs is 1. The molecule has 0 saturated heterocycles. The Morgan fingerprint density at radius 2 is 2.19 bits per heavy atom. The second-order valence-electron chi connectivity index (χ2n) is 4.33. The molecule has 0 aliphatic carbocycles. The summed E-state index contributed by atoms with van der Waals surface area (Å²) in [6, 6.07) is 0.207. The van der Waals surface area contributed by atoms with E-state index in [1.54, 1.807) is 6.07 Å². The van der Waals surface area contributed by atoms with Crippen molar-refractivity contribution in [3.8, 4) is 0 Å². The van der Waals surface area contributed by atoms with Gasteiger partial charge in [0, 0.05) is 12.6 Å². The third-order valence-corrected chi connectivity index (χ3v) is 2.74. The fourth-order valence-electron chi connectivity index (χ4n) is 1.83. The molecule has 3 nitrogen and oxygen atoms in total. The summed E-state index contributed by atoms with van der Waals surface area (Å²) in [5.74, 6) is 0.603. The van der Waals surface area contributed by atoms with Gasteiger partial charge in [0.1, 0.15) is 5.82 Å². The van der Waals surface area contributed by atoms with E-state index in [4.69, 9.17) is 0 Å². The van der Waals surface area contributed by atoms with Gasteiger partial charge in [-0.15, -0.1) is 0 Å². The summed E-state index contributed by atoms with van der Waals surface area (Å²) in [6.45, 7) is 4.17. The number of anilines is 1. The van der Waals surface area contributed by atoms with Crippen LogP contribution in [0.5, 0.6) is 0 Å². The fraction of sp³-hybridized carbons (Fsp3) is 0.700. The maximum atomic E-state index is 12.7. The molecule has 1 N–H and O–H groups in total. The van der Waals surface area contributed by atoms with E-state index < -0.39 is 12.2 Å². The highest BCUT2D eigenvalue weighted by Gasteiger charge is 2.43. The summed E-state index contributed by atoms with van der Waals surface area (Å²) in [5.41, 5.74) is 0.693. The lowest BCUT2D eigenvalue weighted by molar-refractivity contribution is -0.171. The molecule has 0 saturated carbocycles. The molecule has 2 heterocycles. The summed E-state index contributed by atoms with van der Waals surface area (Å²) in [7, 11) is 0. The molecule has 1 unspecified atom stereocenters. The van der Waals surface area contributed by atoms with E-state index in [1.807, 2.05) is 13.8 Å². The van der Waals surface area contributed by atoms with Gasteiger partial charge in [0.15, 0.2) is 6.04 Å². The van der Waals surface area contributed by atoms with Crippen LogP contribution in [0.2, 0.25) is 0 Å². The minimum atomic E-state index is -4.23. The summed E-state index contributed by atoms with van der Waals surface area (Å²) in [4.78, 5) is 0. The van der Waals surface area contributed by atoms with Crippen LogP contribution in [-0.2, 0) is 0 Å². The molecular weight excluding hydrogens is 219 g/mol. The number of halogens is 3. The van der Waals surface area contributed by atoms with Gasteiger partial charge in [-0.3, -0.25) is 0 Å². The third kappa shape index (κ3) is 1.88. The van der Waals surface area contributed by atoms with Crippen molar-refractivity contribution in [3.63, 3.8) is 0 Å². The third-order valence-electron chi connectivity index (χ3n) is 2.74.